The number of nitrogens with one attached hydrogen (secondary N) is 1. The van der Waals surface area contributed by atoms with Crippen molar-refractivity contribution in [3.63, 3.8) is 0 Å². The molecule has 0 saturated heterocycles. The average Bonchev–Trinajstić information content (AvgIpc) is 0.745. The molecule has 0 atom stereocenters. The molecule has 3 aromatic carbocycles. The van der Waals surface area contributed by atoms with Crippen molar-refractivity contribution >= 4 is 26.8 Å². The van der Waals surface area contributed by atoms with Crippen molar-refractivity contribution in [3.8, 4) is 123 Å². The number of ether oxygens (including phenoxy) is 5. The Kier molecular flexibility index (Phi) is 51.6. The Morgan fingerprint density at radius 3 is 1.21 bits per heavy atom. The van der Waals surface area contributed by atoms with Gasteiger partial charge in [0.05, 0.1) is 43.6 Å². The molecule has 2 heterocycles. The van der Waals surface area contributed by atoms with Crippen LogP contribution in [0.1, 0.15) is 316 Å². The number of unbranched alkanes of at least 4 members (excludes halogenated alkanes) is 36. The maximum absolute atomic E-state index is 15.8. The molecular formula is C92H118ClF2N3O7Pt. The minimum absolute atomic E-state index is 0.0773. The van der Waals surface area contributed by atoms with E-state index in [-0.39, 0.29) is 46.0 Å². The molecule has 0 fully saturated rings. The van der Waals surface area contributed by atoms with Crippen molar-refractivity contribution in [3.05, 3.63) is 107 Å². The third-order valence-corrected chi connectivity index (χ3v) is 18.3. The van der Waals surface area contributed by atoms with E-state index in [1.807, 2.05) is 19.1 Å². The molecule has 0 aliphatic rings. The molecule has 10 nitrogen and oxygen atoms in total. The number of rotatable bonds is 56. The van der Waals surface area contributed by atoms with E-state index >= 15 is 8.78 Å². The second kappa shape index (κ2) is 60.3. The van der Waals surface area contributed by atoms with Gasteiger partial charge in [-0.1, -0.05) is 306 Å². The summed E-state index contributed by atoms with van der Waals surface area (Å²) in [4.78, 5) is 37.1. The van der Waals surface area contributed by atoms with Crippen LogP contribution < -0.4 is 29.0 Å². The molecule has 5 rings (SSSR count). The number of ketones is 1. The van der Waals surface area contributed by atoms with Crippen LogP contribution in [0.15, 0.2) is 67.0 Å². The Morgan fingerprint density at radius 2 is 0.802 bits per heavy atom. The fourth-order valence-electron chi connectivity index (χ4n) is 12.4. The standard InChI is InChI=1S/C92H118F2N3O7.ClH.Pt/c1-7-12-17-22-27-32-37-42-47-52-61-100-87-68-76(66-75(6)90(87)103-64-55-50-45-40-35-30-25-20-15-10-4)67-86(98)77-57-59-84(95-73-77)80-71-81(83(94)72-82(80)93)85-60-58-78(74-96-85)92(99)97-79-69-88(101-62-53-48-43-38-33-28-23-18-13-8-2)91(104-65-56-51-46-41-36-31-26-21-16-11-5)89(70-79)102-63-54-49-44-39-34-29-24-19-14-9-3;;/h2,57-60,66,68-70,72-74H,7,9-12,14-17,19-22,24-27,29-32,34-37,39-42,44-47,49-52,54-56,61,63-65,67H2,1,3-6H3,(H,97,99);1H;/q-1;;+2/p-1. The maximum atomic E-state index is 15.8. The van der Waals surface area contributed by atoms with E-state index in [1.54, 1.807) is 37.0 Å². The number of aryl methyl sites for hydroxylation is 1. The number of carbonyl (C=O) groups excluding carboxylic acids is 2. The molecule has 14 heteroatoms. The van der Waals surface area contributed by atoms with Crippen LogP contribution in [0.5, 0.6) is 28.7 Å². The SMILES string of the molecule is C#CC#CC#CC#CC#CC#COc1cc(NC(=O)c2ccc(-c3[c-]c(-c4ccc(C(=O)Cc5cc(C)c(OCCCCCCCCCCCC)c(OCCCCCCCCCCCC)c5)cn4)c(F)cc3F)nc2)cc(OCCCCCCCCCCCC)c1OCCCCCCCCCCCC.[Cl][Pt+]. The quantitative estimate of drug-likeness (QED) is 0.0176. The van der Waals surface area contributed by atoms with Gasteiger partial charge in [0.2, 0.25) is 5.75 Å². The Hall–Kier alpha value is -7.70. The summed E-state index contributed by atoms with van der Waals surface area (Å²) in [5.74, 6) is 25.0. The van der Waals surface area contributed by atoms with Crippen LogP contribution in [0.4, 0.5) is 14.5 Å². The van der Waals surface area contributed by atoms with Gasteiger partial charge in [0, 0.05) is 83.2 Å². The van der Waals surface area contributed by atoms with Crippen molar-refractivity contribution in [2.24, 2.45) is 0 Å². The summed E-state index contributed by atoms with van der Waals surface area (Å²) >= 11 is 1.61. The number of hydrogen-bond donors (Lipinski definition) is 1. The van der Waals surface area contributed by atoms with Crippen molar-refractivity contribution in [2.75, 3.05) is 31.7 Å². The summed E-state index contributed by atoms with van der Waals surface area (Å²) in [6.07, 6.45) is 58.6. The predicted molar refractivity (Wildman–Crippen MR) is 429 cm³/mol. The van der Waals surface area contributed by atoms with Crippen LogP contribution in [0.3, 0.4) is 0 Å². The van der Waals surface area contributed by atoms with Gasteiger partial charge in [-0.2, -0.15) is 0 Å². The van der Waals surface area contributed by atoms with E-state index < -0.39 is 17.5 Å². The molecule has 106 heavy (non-hydrogen) atoms. The minimum atomic E-state index is -0.910. The van der Waals surface area contributed by atoms with Crippen molar-refractivity contribution in [2.45, 2.75) is 298 Å². The molecule has 0 bridgehead atoms. The van der Waals surface area contributed by atoms with Crippen LogP contribution in [-0.2, 0) is 25.2 Å². The van der Waals surface area contributed by atoms with Gasteiger partial charge in [0.15, 0.2) is 28.8 Å². The number of pyridine rings is 2. The van der Waals surface area contributed by atoms with E-state index in [1.165, 1.54) is 223 Å². The average molecular weight is 1650 g/mol. The second-order valence-corrected chi connectivity index (χ2v) is 27.3. The number of anilines is 1. The normalized spacial score (nSPS) is 10.4. The molecule has 1 N–H and O–H groups in total. The van der Waals surface area contributed by atoms with Crippen molar-refractivity contribution in [1.82, 2.24) is 9.97 Å². The van der Waals surface area contributed by atoms with Crippen LogP contribution in [0.25, 0.3) is 22.5 Å². The zero-order valence-corrected chi connectivity index (χ0v) is 67.5. The fourth-order valence-corrected chi connectivity index (χ4v) is 12.4. The van der Waals surface area contributed by atoms with Crippen LogP contribution >= 0.6 is 9.42 Å². The number of nitrogens with zero attached hydrogens (tertiary/aromatic N) is 2. The molecular weight excluding hydrogens is 1530 g/mol. The first-order chi connectivity index (χ1) is 52.1. The summed E-state index contributed by atoms with van der Waals surface area (Å²) in [5.41, 5.74) is 2.47. The van der Waals surface area contributed by atoms with Crippen LogP contribution in [0, 0.1) is 96.4 Å². The Morgan fingerprint density at radius 1 is 0.443 bits per heavy atom. The molecule has 5 aromatic rings. The summed E-state index contributed by atoms with van der Waals surface area (Å²) < 4.78 is 63.5. The Balaban J connectivity index is 0.0000118. The Bertz CT molecular complexity index is 3680. The van der Waals surface area contributed by atoms with Gasteiger partial charge in [-0.25, -0.2) is 0 Å². The van der Waals surface area contributed by atoms with Crippen molar-refractivity contribution in [1.29, 1.82) is 0 Å². The van der Waals surface area contributed by atoms with Crippen LogP contribution in [-0.4, -0.2) is 48.1 Å². The predicted octanol–water partition coefficient (Wildman–Crippen LogP) is 24.7. The van der Waals surface area contributed by atoms with E-state index in [4.69, 9.17) is 30.1 Å². The van der Waals surface area contributed by atoms with Crippen LogP contribution in [0.2, 0.25) is 0 Å². The van der Waals surface area contributed by atoms with Crippen molar-refractivity contribution < 1.29 is 60.8 Å². The topological polar surface area (TPSA) is 118 Å². The number of carbonyl (C=O) groups is 2. The number of benzene rings is 3. The Labute approximate surface area is 652 Å². The van der Waals surface area contributed by atoms with Gasteiger partial charge < -0.3 is 29.0 Å². The van der Waals surface area contributed by atoms with Gasteiger partial charge in [-0.15, -0.1) is 12.5 Å². The molecule has 2 aromatic heterocycles. The van der Waals surface area contributed by atoms with E-state index in [9.17, 15) is 9.59 Å². The number of hydrogen-bond acceptors (Lipinski definition) is 9. The molecule has 574 valence electrons. The first-order valence-corrected chi connectivity index (χ1v) is 42.7. The first kappa shape index (κ1) is 90.7. The molecule has 0 aliphatic heterocycles. The van der Waals surface area contributed by atoms with Gasteiger partial charge in [0.1, 0.15) is 6.11 Å². The summed E-state index contributed by atoms with van der Waals surface area (Å²) in [6, 6.07) is 16.9. The summed E-state index contributed by atoms with van der Waals surface area (Å²) in [5, 5.41) is 2.95. The van der Waals surface area contributed by atoms with Gasteiger partial charge >= 0.3 is 28.2 Å². The number of amides is 1. The molecule has 0 unspecified atom stereocenters. The van der Waals surface area contributed by atoms with E-state index in [0.717, 1.165) is 87.2 Å². The van der Waals surface area contributed by atoms with Gasteiger partial charge in [-0.3, -0.25) is 28.3 Å². The zero-order valence-electron chi connectivity index (χ0n) is 64.5. The zero-order chi connectivity index (χ0) is 76.1. The molecule has 0 spiro atoms. The monoisotopic (exact) mass is 1640 g/mol. The number of terminal acetylenes is 1. The fraction of sp³-hybridized carbons (Fsp3) is 0.543. The van der Waals surface area contributed by atoms with Gasteiger partial charge in [-0.05, 0) is 79.4 Å². The number of Topliss-reactive ketones (excluding diaryl/α,β-unsaturated/α-hetero) is 1. The third kappa shape index (κ3) is 39.2. The molecule has 0 aliphatic carbocycles. The number of aromatic nitrogens is 2. The second-order valence-electron chi connectivity index (χ2n) is 27.3. The van der Waals surface area contributed by atoms with E-state index in [0.29, 0.717) is 54.9 Å². The third-order valence-electron chi connectivity index (χ3n) is 18.3. The first-order valence-electron chi connectivity index (χ1n) is 39.9. The molecule has 0 radical (unpaired) electrons. The van der Waals surface area contributed by atoms with E-state index in [2.05, 4.69) is 124 Å². The van der Waals surface area contributed by atoms with Gasteiger partial charge in [0.25, 0.3) is 5.91 Å². The number of halogens is 3. The summed E-state index contributed by atoms with van der Waals surface area (Å²) in [6.45, 7) is 12.9. The molecule has 0 saturated carbocycles. The molecule has 1 amide bonds. The summed E-state index contributed by atoms with van der Waals surface area (Å²) in [7, 11) is 4.61.